The number of unbranched alkanes of at least 4 members (excludes halogenated alkanes) is 1. The molecule has 0 heterocycles. The highest BCUT2D eigenvalue weighted by molar-refractivity contribution is 5.23. The smallest absolute Gasteiger partial charge is 0.165 e. The quantitative estimate of drug-likeness (QED) is 0.757. The summed E-state index contributed by atoms with van der Waals surface area (Å²) in [5.74, 6) is -0.0521. The Morgan fingerprint density at radius 1 is 1.39 bits per heavy atom. The van der Waals surface area contributed by atoms with Gasteiger partial charge in [-0.25, -0.2) is 4.39 Å². The molecule has 0 aliphatic carbocycles. The van der Waals surface area contributed by atoms with Crippen molar-refractivity contribution in [3.63, 3.8) is 0 Å². The van der Waals surface area contributed by atoms with Crippen LogP contribution in [0, 0.1) is 17.1 Å². The number of rotatable bonds is 7. The normalized spacial score (nSPS) is 13.7. The largest absolute Gasteiger partial charge is 0.491 e. The average Bonchev–Trinajstić information content (AvgIpc) is 2.40. The van der Waals surface area contributed by atoms with Crippen molar-refractivity contribution in [1.29, 1.82) is 5.26 Å². The predicted octanol–water partition coefficient (Wildman–Crippen LogP) is 2.88. The summed E-state index contributed by atoms with van der Waals surface area (Å²) in [6.07, 6.45) is 2.41. The maximum atomic E-state index is 13.2. The van der Waals surface area contributed by atoms with Gasteiger partial charge in [0.15, 0.2) is 11.6 Å². The van der Waals surface area contributed by atoms with Crippen molar-refractivity contribution in [2.24, 2.45) is 0 Å². The molecule has 0 aliphatic heterocycles. The predicted molar refractivity (Wildman–Crippen MR) is 68.8 cm³/mol. The lowest BCUT2D eigenvalue weighted by Gasteiger charge is -2.20. The summed E-state index contributed by atoms with van der Waals surface area (Å²) in [6, 6.07) is 8.60. The molecule has 1 rings (SSSR count). The molecule has 4 heteroatoms. The zero-order valence-corrected chi connectivity index (χ0v) is 10.9. The number of hydrogen-bond donors (Lipinski definition) is 1. The van der Waals surface area contributed by atoms with Gasteiger partial charge in [0.2, 0.25) is 0 Å². The first-order valence-corrected chi connectivity index (χ1v) is 6.09. The molecule has 0 aliphatic rings. The first-order chi connectivity index (χ1) is 8.61. The van der Waals surface area contributed by atoms with Crippen molar-refractivity contribution < 1.29 is 9.13 Å². The Balaban J connectivity index is 2.24. The minimum Gasteiger partial charge on any atom is -0.491 e. The second kappa shape index (κ2) is 6.97. The maximum Gasteiger partial charge on any atom is 0.165 e. The third-order valence-electron chi connectivity index (χ3n) is 2.96. The first-order valence-electron chi connectivity index (χ1n) is 6.09. The fourth-order valence-electron chi connectivity index (χ4n) is 1.56. The molecule has 3 nitrogen and oxygen atoms in total. The summed E-state index contributed by atoms with van der Waals surface area (Å²) in [7, 11) is 1.78. The molecule has 98 valence electrons. The van der Waals surface area contributed by atoms with E-state index in [0.717, 1.165) is 19.3 Å². The van der Waals surface area contributed by atoms with Gasteiger partial charge in [0, 0.05) is 0 Å². The molecule has 0 saturated carbocycles. The molecule has 1 aromatic rings. The molecular weight excluding hydrogens is 231 g/mol. The minimum atomic E-state index is -0.488. The van der Waals surface area contributed by atoms with Crippen LogP contribution in [0.25, 0.3) is 0 Å². The van der Waals surface area contributed by atoms with E-state index >= 15 is 0 Å². The van der Waals surface area contributed by atoms with Crippen molar-refractivity contribution in [1.82, 2.24) is 5.32 Å². The third-order valence-corrected chi connectivity index (χ3v) is 2.96. The number of para-hydroxylation sites is 1. The first kappa shape index (κ1) is 14.5. The van der Waals surface area contributed by atoms with Gasteiger partial charge in [0.05, 0.1) is 12.7 Å². The van der Waals surface area contributed by atoms with Crippen molar-refractivity contribution in [3.05, 3.63) is 30.1 Å². The van der Waals surface area contributed by atoms with Gasteiger partial charge in [-0.15, -0.1) is 0 Å². The minimum absolute atomic E-state index is 0.286. The fourth-order valence-corrected chi connectivity index (χ4v) is 1.56. The lowest BCUT2D eigenvalue weighted by Crippen LogP contribution is -2.37. The molecule has 18 heavy (non-hydrogen) atoms. The van der Waals surface area contributed by atoms with Gasteiger partial charge in [-0.3, -0.25) is 0 Å². The Kier molecular flexibility index (Phi) is 5.60. The standard InChI is InChI=1S/C14H19FN2O/c1-14(11-16,17-2)9-5-6-10-18-13-8-4-3-7-12(13)15/h3-4,7-8,17H,5-6,9-10H2,1-2H3. The van der Waals surface area contributed by atoms with E-state index in [9.17, 15) is 4.39 Å². The van der Waals surface area contributed by atoms with Crippen LogP contribution in [0.2, 0.25) is 0 Å². The van der Waals surface area contributed by atoms with Crippen LogP contribution < -0.4 is 10.1 Å². The molecule has 1 atom stereocenters. The molecule has 1 unspecified atom stereocenters. The number of hydrogen-bond acceptors (Lipinski definition) is 3. The van der Waals surface area contributed by atoms with Gasteiger partial charge in [-0.05, 0) is 45.4 Å². The summed E-state index contributed by atoms with van der Waals surface area (Å²) < 4.78 is 18.6. The van der Waals surface area contributed by atoms with Crippen molar-refractivity contribution >= 4 is 0 Å². The van der Waals surface area contributed by atoms with Gasteiger partial charge in [0.25, 0.3) is 0 Å². The van der Waals surface area contributed by atoms with E-state index in [2.05, 4.69) is 11.4 Å². The highest BCUT2D eigenvalue weighted by atomic mass is 19.1. The SMILES string of the molecule is CNC(C)(C#N)CCCCOc1ccccc1F. The zero-order chi connectivity index (χ0) is 13.4. The highest BCUT2D eigenvalue weighted by Crippen LogP contribution is 2.17. The molecular formula is C14H19FN2O. The maximum absolute atomic E-state index is 13.2. The molecule has 0 fully saturated rings. The summed E-state index contributed by atoms with van der Waals surface area (Å²) >= 11 is 0. The monoisotopic (exact) mass is 250 g/mol. The van der Waals surface area contributed by atoms with Gasteiger partial charge in [0.1, 0.15) is 5.54 Å². The molecule has 0 radical (unpaired) electrons. The number of benzene rings is 1. The second-order valence-corrected chi connectivity index (χ2v) is 4.43. The van der Waals surface area contributed by atoms with E-state index in [1.54, 1.807) is 25.2 Å². The van der Waals surface area contributed by atoms with Crippen molar-refractivity contribution in [3.8, 4) is 11.8 Å². The van der Waals surface area contributed by atoms with Crippen LogP contribution >= 0.6 is 0 Å². The van der Waals surface area contributed by atoms with Crippen molar-refractivity contribution in [2.75, 3.05) is 13.7 Å². The van der Waals surface area contributed by atoms with Crippen LogP contribution in [0.15, 0.2) is 24.3 Å². The number of nitrogens with zero attached hydrogens (tertiary/aromatic N) is 1. The summed E-state index contributed by atoms with van der Waals surface area (Å²) in [5.41, 5.74) is -0.488. The van der Waals surface area contributed by atoms with Crippen LogP contribution in [0.5, 0.6) is 5.75 Å². The van der Waals surface area contributed by atoms with E-state index in [-0.39, 0.29) is 11.6 Å². The Labute approximate surface area is 108 Å². The van der Waals surface area contributed by atoms with E-state index in [0.29, 0.717) is 6.61 Å². The van der Waals surface area contributed by atoms with Crippen LogP contribution in [0.1, 0.15) is 26.2 Å². The number of nitrogens with one attached hydrogen (secondary N) is 1. The lowest BCUT2D eigenvalue weighted by molar-refractivity contribution is 0.284. The van der Waals surface area contributed by atoms with Crippen molar-refractivity contribution in [2.45, 2.75) is 31.7 Å². The molecule has 1 N–H and O–H groups in total. The van der Waals surface area contributed by atoms with Crippen LogP contribution in [-0.4, -0.2) is 19.2 Å². The van der Waals surface area contributed by atoms with Gasteiger partial charge in [-0.2, -0.15) is 5.26 Å². The van der Waals surface area contributed by atoms with Gasteiger partial charge < -0.3 is 10.1 Å². The molecule has 1 aromatic carbocycles. The Hall–Kier alpha value is -1.60. The molecule has 0 amide bonds. The topological polar surface area (TPSA) is 45.0 Å². The number of ether oxygens (including phenoxy) is 1. The lowest BCUT2D eigenvalue weighted by atomic mass is 9.97. The summed E-state index contributed by atoms with van der Waals surface area (Å²) in [5, 5.41) is 11.9. The molecule has 0 saturated heterocycles. The zero-order valence-electron chi connectivity index (χ0n) is 10.9. The number of halogens is 1. The fraction of sp³-hybridized carbons (Fsp3) is 0.500. The Bertz CT molecular complexity index is 417. The van der Waals surface area contributed by atoms with Crippen LogP contribution in [0.4, 0.5) is 4.39 Å². The van der Waals surface area contributed by atoms with E-state index < -0.39 is 5.54 Å². The summed E-state index contributed by atoms with van der Waals surface area (Å²) in [6.45, 7) is 2.33. The second-order valence-electron chi connectivity index (χ2n) is 4.43. The van der Waals surface area contributed by atoms with Gasteiger partial charge in [-0.1, -0.05) is 12.1 Å². The Morgan fingerprint density at radius 3 is 2.72 bits per heavy atom. The summed E-state index contributed by atoms with van der Waals surface area (Å²) in [4.78, 5) is 0. The molecule has 0 aromatic heterocycles. The molecule has 0 bridgehead atoms. The van der Waals surface area contributed by atoms with E-state index in [1.165, 1.54) is 6.07 Å². The Morgan fingerprint density at radius 2 is 2.11 bits per heavy atom. The van der Waals surface area contributed by atoms with E-state index in [4.69, 9.17) is 10.00 Å². The van der Waals surface area contributed by atoms with Crippen LogP contribution in [-0.2, 0) is 0 Å². The highest BCUT2D eigenvalue weighted by Gasteiger charge is 2.19. The number of nitriles is 1. The van der Waals surface area contributed by atoms with Gasteiger partial charge >= 0.3 is 0 Å². The average molecular weight is 250 g/mol. The third kappa shape index (κ3) is 4.34. The molecule has 0 spiro atoms. The van der Waals surface area contributed by atoms with E-state index in [1.807, 2.05) is 6.92 Å². The van der Waals surface area contributed by atoms with Crippen LogP contribution in [0.3, 0.4) is 0 Å².